The summed E-state index contributed by atoms with van der Waals surface area (Å²) >= 11 is 9.01. The van der Waals surface area contributed by atoms with Crippen molar-refractivity contribution >= 4 is 46.3 Å². The fraction of sp³-hybridized carbons (Fsp3) is 0.263. The number of rotatable bonds is 8. The molecule has 1 N–H and O–H groups in total. The molecule has 3 heterocycles. The number of hydrogen-bond acceptors (Lipinski definition) is 6. The lowest BCUT2D eigenvalue weighted by atomic mass is 10.1. The second-order valence-corrected chi connectivity index (χ2v) is 8.52. The molecule has 0 fully saturated rings. The number of carbonyl (C=O) groups is 1. The molecular weight excluding hydrogens is 414 g/mol. The minimum Gasteiger partial charge on any atom is -0.323 e. The highest BCUT2D eigenvalue weighted by atomic mass is 35.5. The van der Waals surface area contributed by atoms with Gasteiger partial charge in [-0.2, -0.15) is 0 Å². The number of aromatic nitrogens is 4. The molecule has 0 bridgehead atoms. The minimum absolute atomic E-state index is 0.182. The number of nitrogens with one attached hydrogen (secondary N) is 1. The smallest absolute Gasteiger partial charge is 0.234 e. The number of halogens is 1. The zero-order valence-corrected chi connectivity index (χ0v) is 17.9. The first-order valence-corrected chi connectivity index (χ1v) is 10.9. The van der Waals surface area contributed by atoms with Gasteiger partial charge in [0, 0.05) is 28.6 Å². The van der Waals surface area contributed by atoms with Crippen LogP contribution >= 0.6 is 34.7 Å². The molecule has 3 aromatic rings. The maximum Gasteiger partial charge on any atom is 0.234 e. The van der Waals surface area contributed by atoms with Crippen molar-refractivity contribution in [1.29, 1.82) is 0 Å². The molecule has 0 radical (unpaired) electrons. The van der Waals surface area contributed by atoms with Crippen LogP contribution in [-0.2, 0) is 11.3 Å². The third-order valence-corrected chi connectivity index (χ3v) is 6.34. The van der Waals surface area contributed by atoms with E-state index in [2.05, 4.69) is 52.4 Å². The van der Waals surface area contributed by atoms with E-state index in [0.29, 0.717) is 23.3 Å². The number of amides is 1. The van der Waals surface area contributed by atoms with Gasteiger partial charge in [-0.25, -0.2) is 4.98 Å². The van der Waals surface area contributed by atoms with Crippen LogP contribution in [0, 0.1) is 0 Å². The van der Waals surface area contributed by atoms with Crippen LogP contribution in [0.4, 0.5) is 5.69 Å². The van der Waals surface area contributed by atoms with Crippen molar-refractivity contribution in [2.24, 2.45) is 0 Å². The molecule has 0 atom stereocenters. The summed E-state index contributed by atoms with van der Waals surface area (Å²) in [4.78, 5) is 17.5. The Morgan fingerprint density at radius 3 is 2.96 bits per heavy atom. The normalized spacial score (nSPS) is 11.0. The van der Waals surface area contributed by atoms with E-state index in [9.17, 15) is 4.79 Å². The molecule has 1 amide bonds. The van der Waals surface area contributed by atoms with Crippen LogP contribution < -0.4 is 5.32 Å². The van der Waals surface area contributed by atoms with Crippen LogP contribution in [0.3, 0.4) is 0 Å². The molecule has 0 unspecified atom stereocenters. The standard InChI is InChI=1S/C19H20ClN5OS2/c1-4-8-25-18(13-9-15(12(2)3)27-10-13)23-24-19(25)28-11-16(26)22-14-6-5-7-21-17(14)20/h4-7,9-10,12H,1,8,11H2,2-3H3,(H,22,26). The minimum atomic E-state index is -0.188. The zero-order valence-electron chi connectivity index (χ0n) is 15.6. The van der Waals surface area contributed by atoms with Crippen LogP contribution in [0.15, 0.2) is 47.6 Å². The number of nitrogens with zero attached hydrogens (tertiary/aromatic N) is 4. The molecular formula is C19H20ClN5OS2. The second kappa shape index (κ2) is 9.36. The second-order valence-electron chi connectivity index (χ2n) is 6.28. The van der Waals surface area contributed by atoms with Gasteiger partial charge in [0.15, 0.2) is 16.1 Å². The first kappa shape index (κ1) is 20.6. The van der Waals surface area contributed by atoms with Crippen molar-refractivity contribution in [1.82, 2.24) is 19.7 Å². The van der Waals surface area contributed by atoms with E-state index in [1.807, 2.05) is 4.57 Å². The van der Waals surface area contributed by atoms with E-state index in [-0.39, 0.29) is 16.8 Å². The number of thiophene rings is 1. The highest BCUT2D eigenvalue weighted by Gasteiger charge is 2.17. The molecule has 0 spiro atoms. The number of carbonyl (C=O) groups excluding carboxylic acids is 1. The van der Waals surface area contributed by atoms with Crippen LogP contribution in [0.2, 0.25) is 5.15 Å². The predicted molar refractivity (Wildman–Crippen MR) is 116 cm³/mol. The van der Waals surface area contributed by atoms with Gasteiger partial charge in [0.1, 0.15) is 0 Å². The molecule has 9 heteroatoms. The fourth-order valence-corrected chi connectivity index (χ4v) is 4.29. The van der Waals surface area contributed by atoms with Gasteiger partial charge >= 0.3 is 0 Å². The molecule has 0 aromatic carbocycles. The first-order valence-electron chi connectivity index (χ1n) is 8.65. The average molecular weight is 434 g/mol. The zero-order chi connectivity index (χ0) is 20.1. The monoisotopic (exact) mass is 433 g/mol. The Morgan fingerprint density at radius 2 is 2.29 bits per heavy atom. The molecule has 0 saturated carbocycles. The topological polar surface area (TPSA) is 72.7 Å². The Balaban J connectivity index is 1.73. The Bertz CT molecular complexity index is 982. The van der Waals surface area contributed by atoms with Gasteiger partial charge in [0.2, 0.25) is 5.91 Å². The summed E-state index contributed by atoms with van der Waals surface area (Å²) in [7, 11) is 0. The van der Waals surface area contributed by atoms with Crippen molar-refractivity contribution in [3.8, 4) is 11.4 Å². The molecule has 3 aromatic heterocycles. The molecule has 28 heavy (non-hydrogen) atoms. The quantitative estimate of drug-likeness (QED) is 0.304. The SMILES string of the molecule is C=CCn1c(SCC(=O)Nc2cccnc2Cl)nnc1-c1csc(C(C)C)c1. The molecule has 3 rings (SSSR count). The summed E-state index contributed by atoms with van der Waals surface area (Å²) in [6.45, 7) is 8.72. The summed E-state index contributed by atoms with van der Waals surface area (Å²) in [6, 6.07) is 5.57. The van der Waals surface area contributed by atoms with Gasteiger partial charge in [-0.05, 0) is 24.1 Å². The largest absolute Gasteiger partial charge is 0.323 e. The Labute approximate surface area is 177 Å². The summed E-state index contributed by atoms with van der Waals surface area (Å²) in [5.74, 6) is 1.24. The van der Waals surface area contributed by atoms with Crippen molar-refractivity contribution in [2.45, 2.75) is 31.5 Å². The Hall–Kier alpha value is -2.16. The fourth-order valence-electron chi connectivity index (χ4n) is 2.47. The number of pyridine rings is 1. The third kappa shape index (κ3) is 4.81. The van der Waals surface area contributed by atoms with Crippen LogP contribution in [0.25, 0.3) is 11.4 Å². The van der Waals surface area contributed by atoms with Gasteiger partial charge in [0.25, 0.3) is 0 Å². The molecule has 0 aliphatic carbocycles. The predicted octanol–water partition coefficient (Wildman–Crippen LogP) is 5.10. The summed E-state index contributed by atoms with van der Waals surface area (Å²) in [5.41, 5.74) is 1.52. The van der Waals surface area contributed by atoms with Crippen LogP contribution in [0.5, 0.6) is 0 Å². The van der Waals surface area contributed by atoms with E-state index in [1.165, 1.54) is 16.6 Å². The highest BCUT2D eigenvalue weighted by Crippen LogP contribution is 2.31. The van der Waals surface area contributed by atoms with E-state index in [1.54, 1.807) is 35.7 Å². The lowest BCUT2D eigenvalue weighted by molar-refractivity contribution is -0.113. The van der Waals surface area contributed by atoms with E-state index >= 15 is 0 Å². The van der Waals surface area contributed by atoms with E-state index in [4.69, 9.17) is 11.6 Å². The molecule has 0 saturated heterocycles. The van der Waals surface area contributed by atoms with Gasteiger partial charge in [0.05, 0.1) is 11.4 Å². The summed E-state index contributed by atoms with van der Waals surface area (Å²) in [6.07, 6.45) is 3.36. The number of allylic oxidation sites excluding steroid dienone is 1. The number of thioether (sulfide) groups is 1. The van der Waals surface area contributed by atoms with Crippen LogP contribution in [-0.4, -0.2) is 31.4 Å². The first-order chi connectivity index (χ1) is 13.5. The highest BCUT2D eigenvalue weighted by molar-refractivity contribution is 7.99. The molecule has 0 aliphatic heterocycles. The van der Waals surface area contributed by atoms with Crippen molar-refractivity contribution in [3.63, 3.8) is 0 Å². The van der Waals surface area contributed by atoms with Gasteiger partial charge < -0.3 is 5.32 Å². The third-order valence-electron chi connectivity index (χ3n) is 3.84. The summed E-state index contributed by atoms with van der Waals surface area (Å²) in [5, 5.41) is 14.4. The summed E-state index contributed by atoms with van der Waals surface area (Å²) < 4.78 is 1.97. The van der Waals surface area contributed by atoms with E-state index < -0.39 is 0 Å². The van der Waals surface area contributed by atoms with Crippen molar-refractivity contribution < 1.29 is 4.79 Å². The lowest BCUT2D eigenvalue weighted by Gasteiger charge is -2.08. The van der Waals surface area contributed by atoms with Gasteiger partial charge in [-0.1, -0.05) is 43.3 Å². The van der Waals surface area contributed by atoms with Crippen molar-refractivity contribution in [3.05, 3.63) is 52.5 Å². The average Bonchev–Trinajstić information content (AvgIpc) is 3.29. The Morgan fingerprint density at radius 1 is 1.46 bits per heavy atom. The van der Waals surface area contributed by atoms with Gasteiger partial charge in [-0.15, -0.1) is 28.1 Å². The van der Waals surface area contributed by atoms with E-state index in [0.717, 1.165) is 11.4 Å². The molecule has 0 aliphatic rings. The van der Waals surface area contributed by atoms with Crippen molar-refractivity contribution in [2.75, 3.05) is 11.1 Å². The van der Waals surface area contributed by atoms with Gasteiger partial charge in [-0.3, -0.25) is 9.36 Å². The lowest BCUT2D eigenvalue weighted by Crippen LogP contribution is -2.15. The molecule has 146 valence electrons. The van der Waals surface area contributed by atoms with Crippen LogP contribution in [0.1, 0.15) is 24.6 Å². The maximum absolute atomic E-state index is 12.3. The number of anilines is 1. The number of hydrogen-bond donors (Lipinski definition) is 1. The maximum atomic E-state index is 12.3. The molecule has 6 nitrogen and oxygen atoms in total. The Kier molecular flexibility index (Phi) is 6.88.